The van der Waals surface area contributed by atoms with Gasteiger partial charge in [-0.3, -0.25) is 4.18 Å². The van der Waals surface area contributed by atoms with Gasteiger partial charge < -0.3 is 29.7 Å². The van der Waals surface area contributed by atoms with Gasteiger partial charge in [0.15, 0.2) is 9.84 Å². The third kappa shape index (κ3) is 16.3. The van der Waals surface area contributed by atoms with Crippen LogP contribution in [-0.2, 0) is 54.8 Å². The monoisotopic (exact) mass is 936 g/mol. The Kier molecular flexibility index (Phi) is 22.3. The van der Waals surface area contributed by atoms with Crippen molar-refractivity contribution in [3.63, 3.8) is 0 Å². The van der Waals surface area contributed by atoms with Gasteiger partial charge in [-0.05, 0) is 72.8 Å². The van der Waals surface area contributed by atoms with Crippen LogP contribution in [0.2, 0.25) is 0 Å². The Morgan fingerprint density at radius 1 is 0.483 bits per heavy atom. The fourth-order valence-corrected chi connectivity index (χ4v) is 7.21. The topological polar surface area (TPSA) is 398 Å². The van der Waals surface area contributed by atoms with Gasteiger partial charge in [-0.25, -0.2) is 42.1 Å². The molecule has 0 fully saturated rings. The zero-order chi connectivity index (χ0) is 40.3. The van der Waals surface area contributed by atoms with Crippen molar-refractivity contribution in [1.29, 1.82) is 0 Å². The van der Waals surface area contributed by atoms with E-state index in [1.165, 1.54) is 0 Å². The number of hydrogen-bond donors (Lipinski definition) is 2. The maximum absolute atomic E-state index is 12.4. The van der Waals surface area contributed by atoms with Crippen LogP contribution < -0.4 is 130 Å². The average Bonchev–Trinajstić information content (AvgIpc) is 3.05. The summed E-state index contributed by atoms with van der Waals surface area (Å²) in [5, 5.41) is 22.4. The molecular formula is C26H20N8Na4O15S5. The molecule has 4 aromatic rings. The largest absolute Gasteiger partial charge is 1.00 e. The first-order valence-corrected chi connectivity index (χ1v) is 21.1. The second kappa shape index (κ2) is 22.8. The van der Waals surface area contributed by atoms with Crippen molar-refractivity contribution >= 4 is 96.1 Å². The molecule has 0 aliphatic rings. The molecule has 0 aliphatic carbocycles. The zero-order valence-corrected chi connectivity index (χ0v) is 42.4. The van der Waals surface area contributed by atoms with Crippen molar-refractivity contribution in [3.05, 3.63) is 72.8 Å². The molecule has 0 radical (unpaired) electrons. The number of azo groups is 3. The minimum Gasteiger partial charge on any atom is -0.744 e. The maximum Gasteiger partial charge on any atom is 1.00 e. The van der Waals surface area contributed by atoms with Crippen LogP contribution in [0, 0.1) is 0 Å². The van der Waals surface area contributed by atoms with Crippen molar-refractivity contribution in [1.82, 2.24) is 0 Å². The molecule has 0 saturated carbocycles. The molecule has 0 amide bonds. The number of anilines is 2. The van der Waals surface area contributed by atoms with Crippen molar-refractivity contribution in [2.24, 2.45) is 30.7 Å². The minimum absolute atomic E-state index is 0. The van der Waals surface area contributed by atoms with Crippen LogP contribution in [0.1, 0.15) is 0 Å². The van der Waals surface area contributed by atoms with E-state index in [9.17, 15) is 60.3 Å². The Balaban J connectivity index is 0.00000812. The van der Waals surface area contributed by atoms with Crippen molar-refractivity contribution in [2.45, 2.75) is 19.6 Å². The molecule has 23 nitrogen and oxygen atoms in total. The molecular weight excluding hydrogens is 917 g/mol. The van der Waals surface area contributed by atoms with Gasteiger partial charge in [0.25, 0.3) is 0 Å². The Labute approximate surface area is 419 Å². The van der Waals surface area contributed by atoms with Crippen LogP contribution in [0.25, 0.3) is 0 Å². The van der Waals surface area contributed by atoms with Crippen molar-refractivity contribution in [3.8, 4) is 0 Å². The standard InChI is InChI=1S/C26H24N8O15S5.4Na/c27-24-21(33-30-16-1-6-18(7-2-16)50(35,36)12-11-49-54(46,47)48)14-23(53(43,44)45)25(28)26(24)34-32-20-10-5-17(13-22(20)52(40,41)42)31-29-15-3-8-19(9-4-15)51(37,38)39;;;;/h1-10,13-14H,11-12,27-28H2,(H,37,38,39)(H,40,41,42)(H,43,44,45)(H,46,47,48);;;;/q;4*+1/p-4. The van der Waals surface area contributed by atoms with E-state index in [2.05, 4.69) is 34.9 Å². The number of sulfone groups is 1. The molecule has 0 aromatic heterocycles. The molecule has 4 aromatic carbocycles. The van der Waals surface area contributed by atoms with Gasteiger partial charge in [0.05, 0.1) is 60.4 Å². The summed E-state index contributed by atoms with van der Waals surface area (Å²) in [6, 6.07) is 11.9. The fraction of sp³-hybridized carbons (Fsp3) is 0.0769. The number of nitrogen functional groups attached to an aromatic ring is 2. The Morgan fingerprint density at radius 3 is 1.41 bits per heavy atom. The van der Waals surface area contributed by atoms with Crippen LogP contribution in [0.5, 0.6) is 0 Å². The third-order valence-corrected chi connectivity index (χ3v) is 11.3. The molecule has 288 valence electrons. The van der Waals surface area contributed by atoms with E-state index < -0.39 is 106 Å². The molecule has 0 saturated heterocycles. The van der Waals surface area contributed by atoms with Gasteiger partial charge >= 0.3 is 118 Å². The summed E-state index contributed by atoms with van der Waals surface area (Å²) in [6.45, 7) is -0.943. The second-order valence-corrected chi connectivity index (χ2v) is 17.5. The molecule has 0 unspecified atom stereocenters. The molecule has 4 N–H and O–H groups in total. The van der Waals surface area contributed by atoms with Crippen LogP contribution >= 0.6 is 0 Å². The van der Waals surface area contributed by atoms with E-state index in [0.29, 0.717) is 6.07 Å². The van der Waals surface area contributed by atoms with E-state index in [4.69, 9.17) is 11.5 Å². The normalized spacial score (nSPS) is 12.4. The van der Waals surface area contributed by atoms with Gasteiger partial charge in [0.2, 0.25) is 10.4 Å². The van der Waals surface area contributed by atoms with Crippen LogP contribution in [-0.4, -0.2) is 72.7 Å². The van der Waals surface area contributed by atoms with E-state index in [0.717, 1.165) is 66.7 Å². The predicted molar refractivity (Wildman–Crippen MR) is 179 cm³/mol. The first kappa shape index (κ1) is 56.8. The zero-order valence-electron chi connectivity index (χ0n) is 30.3. The SMILES string of the molecule is Nc1c(N=Nc2ccc(S(=O)(=O)CCOS(=O)(=O)[O-])cc2)cc(S(=O)(=O)[O-])c(N)c1N=Nc1ccc(N=Nc2ccc(S(=O)(=O)[O-])cc2)cc1S(=O)(=O)[O-].[Na+].[Na+].[Na+].[Na+]. The summed E-state index contributed by atoms with van der Waals surface area (Å²) in [6.07, 6.45) is 0. The number of benzene rings is 4. The number of hydrogen-bond acceptors (Lipinski definition) is 23. The summed E-state index contributed by atoms with van der Waals surface area (Å²) in [7, 11) is -24.7. The molecule has 0 bridgehead atoms. The molecule has 0 atom stereocenters. The summed E-state index contributed by atoms with van der Waals surface area (Å²) in [5.41, 5.74) is 8.37. The first-order chi connectivity index (χ1) is 24.8. The quantitative estimate of drug-likeness (QED) is 0.0390. The van der Waals surface area contributed by atoms with Crippen molar-refractivity contribution in [2.75, 3.05) is 23.8 Å². The molecule has 4 rings (SSSR count). The Bertz CT molecular complexity index is 2780. The van der Waals surface area contributed by atoms with E-state index in [1.54, 1.807) is 0 Å². The van der Waals surface area contributed by atoms with E-state index >= 15 is 0 Å². The van der Waals surface area contributed by atoms with Crippen LogP contribution in [0.15, 0.2) is 123 Å². The fourth-order valence-electron chi connectivity index (χ4n) is 4.00. The number of rotatable bonds is 14. The van der Waals surface area contributed by atoms with Gasteiger partial charge in [-0.2, -0.15) is 15.3 Å². The Hall–Kier alpha value is -1.17. The van der Waals surface area contributed by atoms with E-state index in [1.807, 2.05) is 0 Å². The summed E-state index contributed by atoms with van der Waals surface area (Å²) >= 11 is 0. The number of nitrogens with zero attached hydrogens (tertiary/aromatic N) is 6. The van der Waals surface area contributed by atoms with Gasteiger partial charge in [0.1, 0.15) is 47.4 Å². The third-order valence-electron chi connectivity index (χ3n) is 6.51. The van der Waals surface area contributed by atoms with Crippen molar-refractivity contribution < 1.29 is 183 Å². The molecule has 0 aliphatic heterocycles. The van der Waals surface area contributed by atoms with Crippen LogP contribution in [0.3, 0.4) is 0 Å². The summed E-state index contributed by atoms with van der Waals surface area (Å²) in [4.78, 5) is -2.98. The van der Waals surface area contributed by atoms with Gasteiger partial charge in [0, 0.05) is 0 Å². The predicted octanol–water partition coefficient (Wildman–Crippen LogP) is -8.92. The second-order valence-electron chi connectivity index (χ2n) is 10.2. The molecule has 32 heteroatoms. The number of nitrogens with two attached hydrogens (primary N) is 2. The summed E-state index contributed by atoms with van der Waals surface area (Å²) in [5.74, 6) is -0.865. The molecule has 0 heterocycles. The Morgan fingerprint density at radius 2 is 0.931 bits per heavy atom. The molecule has 0 spiro atoms. The smallest absolute Gasteiger partial charge is 0.744 e. The first-order valence-electron chi connectivity index (χ1n) is 13.9. The summed E-state index contributed by atoms with van der Waals surface area (Å²) < 4.78 is 166. The van der Waals surface area contributed by atoms with Crippen LogP contribution in [0.4, 0.5) is 45.5 Å². The minimum atomic E-state index is -5.36. The average molecular weight is 937 g/mol. The van der Waals surface area contributed by atoms with Gasteiger partial charge in [-0.15, -0.1) is 15.3 Å². The molecule has 58 heavy (non-hydrogen) atoms. The maximum atomic E-state index is 12.4. The van der Waals surface area contributed by atoms with Gasteiger partial charge in [-0.1, -0.05) is 0 Å². The van der Waals surface area contributed by atoms with E-state index in [-0.39, 0.29) is 140 Å².